The van der Waals surface area contributed by atoms with Crippen molar-refractivity contribution < 1.29 is 9.13 Å². The minimum atomic E-state index is -0.297. The summed E-state index contributed by atoms with van der Waals surface area (Å²) in [6.45, 7) is 1.01. The van der Waals surface area contributed by atoms with Gasteiger partial charge in [-0.15, -0.1) is 0 Å². The fourth-order valence-electron chi connectivity index (χ4n) is 2.53. The average Bonchev–Trinajstić information content (AvgIpc) is 2.47. The lowest BCUT2D eigenvalue weighted by Crippen LogP contribution is -2.11. The van der Waals surface area contributed by atoms with Crippen molar-refractivity contribution in [1.29, 1.82) is 0 Å². The second-order valence-corrected chi connectivity index (χ2v) is 4.72. The Hall–Kier alpha value is -2.03. The molecule has 0 atom stereocenters. The van der Waals surface area contributed by atoms with E-state index < -0.39 is 0 Å². The molecule has 0 amide bonds. The van der Waals surface area contributed by atoms with E-state index in [2.05, 4.69) is 11.4 Å². The lowest BCUT2D eigenvalue weighted by Gasteiger charge is -2.19. The van der Waals surface area contributed by atoms with Crippen molar-refractivity contribution in [2.75, 3.05) is 19.0 Å². The van der Waals surface area contributed by atoms with Gasteiger partial charge in [0.15, 0.2) is 11.6 Å². The summed E-state index contributed by atoms with van der Waals surface area (Å²) < 4.78 is 19.3. The van der Waals surface area contributed by atoms with E-state index in [1.807, 2.05) is 18.2 Å². The number of halogens is 1. The van der Waals surface area contributed by atoms with Crippen LogP contribution in [0.15, 0.2) is 36.4 Å². The molecule has 0 radical (unpaired) electrons. The van der Waals surface area contributed by atoms with Gasteiger partial charge in [0.25, 0.3) is 0 Å². The second-order valence-electron chi connectivity index (χ2n) is 4.72. The van der Waals surface area contributed by atoms with Crippen LogP contribution in [-0.4, -0.2) is 13.7 Å². The van der Waals surface area contributed by atoms with E-state index in [-0.39, 0.29) is 11.6 Å². The summed E-state index contributed by atoms with van der Waals surface area (Å²) in [6, 6.07) is 11.3. The molecule has 3 rings (SSSR count). The number of methoxy groups -OCH3 is 1. The number of hydrogen-bond acceptors (Lipinski definition) is 2. The Kier molecular flexibility index (Phi) is 3.11. The van der Waals surface area contributed by atoms with Crippen LogP contribution in [0, 0.1) is 5.82 Å². The Labute approximate surface area is 112 Å². The molecule has 0 spiro atoms. The molecule has 98 valence electrons. The first kappa shape index (κ1) is 12.0. The second kappa shape index (κ2) is 4.92. The van der Waals surface area contributed by atoms with Crippen molar-refractivity contribution in [3.63, 3.8) is 0 Å². The molecule has 19 heavy (non-hydrogen) atoms. The SMILES string of the molecule is COc1cccc(-c2ccc3c(c2)CCCN3)c1F. The summed E-state index contributed by atoms with van der Waals surface area (Å²) in [4.78, 5) is 0. The third-order valence-electron chi connectivity index (χ3n) is 3.54. The molecule has 1 aliphatic heterocycles. The number of anilines is 1. The van der Waals surface area contributed by atoms with E-state index in [1.54, 1.807) is 12.1 Å². The summed E-state index contributed by atoms with van der Waals surface area (Å²) in [6.07, 6.45) is 2.17. The van der Waals surface area contributed by atoms with Crippen LogP contribution in [-0.2, 0) is 6.42 Å². The van der Waals surface area contributed by atoms with E-state index in [1.165, 1.54) is 18.4 Å². The summed E-state index contributed by atoms with van der Waals surface area (Å²) in [5.74, 6) is -0.0120. The monoisotopic (exact) mass is 257 g/mol. The largest absolute Gasteiger partial charge is 0.494 e. The summed E-state index contributed by atoms with van der Waals surface area (Å²) in [7, 11) is 1.49. The first-order chi connectivity index (χ1) is 9.29. The maximum Gasteiger partial charge on any atom is 0.172 e. The fraction of sp³-hybridized carbons (Fsp3) is 0.250. The van der Waals surface area contributed by atoms with Gasteiger partial charge in [-0.2, -0.15) is 0 Å². The fourth-order valence-corrected chi connectivity index (χ4v) is 2.53. The quantitative estimate of drug-likeness (QED) is 0.882. The third-order valence-corrected chi connectivity index (χ3v) is 3.54. The van der Waals surface area contributed by atoms with Crippen LogP contribution in [0.25, 0.3) is 11.1 Å². The zero-order valence-corrected chi connectivity index (χ0v) is 10.9. The smallest absolute Gasteiger partial charge is 0.172 e. The lowest BCUT2D eigenvalue weighted by atomic mass is 9.97. The molecule has 0 aromatic heterocycles. The van der Waals surface area contributed by atoms with Gasteiger partial charge in [0.1, 0.15) is 0 Å². The molecule has 0 bridgehead atoms. The number of rotatable bonds is 2. The Morgan fingerprint density at radius 2 is 2.11 bits per heavy atom. The van der Waals surface area contributed by atoms with E-state index in [0.29, 0.717) is 5.56 Å². The van der Waals surface area contributed by atoms with Crippen LogP contribution < -0.4 is 10.1 Å². The van der Waals surface area contributed by atoms with Crippen molar-refractivity contribution in [2.24, 2.45) is 0 Å². The number of fused-ring (bicyclic) bond motifs is 1. The number of nitrogens with one attached hydrogen (secondary N) is 1. The van der Waals surface area contributed by atoms with Crippen molar-refractivity contribution in [2.45, 2.75) is 12.8 Å². The predicted molar refractivity (Wildman–Crippen MR) is 75.2 cm³/mol. The van der Waals surface area contributed by atoms with Crippen LogP contribution in [0.5, 0.6) is 5.75 Å². The Bertz CT molecular complexity index is 610. The molecule has 0 saturated carbocycles. The van der Waals surface area contributed by atoms with E-state index in [9.17, 15) is 4.39 Å². The molecule has 0 unspecified atom stereocenters. The minimum Gasteiger partial charge on any atom is -0.494 e. The third kappa shape index (κ3) is 2.16. The van der Waals surface area contributed by atoms with Gasteiger partial charge in [0.05, 0.1) is 7.11 Å². The Morgan fingerprint density at radius 1 is 1.21 bits per heavy atom. The van der Waals surface area contributed by atoms with Gasteiger partial charge in [-0.25, -0.2) is 4.39 Å². The van der Waals surface area contributed by atoms with Crippen LogP contribution in [0.3, 0.4) is 0 Å². The predicted octanol–water partition coefficient (Wildman–Crippen LogP) is 3.86. The zero-order chi connectivity index (χ0) is 13.2. The number of benzene rings is 2. The highest BCUT2D eigenvalue weighted by Gasteiger charge is 2.13. The molecular formula is C16H16FNO. The minimum absolute atomic E-state index is 0.286. The van der Waals surface area contributed by atoms with Crippen LogP contribution >= 0.6 is 0 Å². The molecule has 2 aromatic rings. The molecule has 2 nitrogen and oxygen atoms in total. The molecule has 1 aliphatic rings. The summed E-state index contributed by atoms with van der Waals surface area (Å²) in [5, 5.41) is 3.36. The normalized spacial score (nSPS) is 13.6. The maximum absolute atomic E-state index is 14.3. The Morgan fingerprint density at radius 3 is 2.95 bits per heavy atom. The molecular weight excluding hydrogens is 241 g/mol. The highest BCUT2D eigenvalue weighted by molar-refractivity contribution is 5.70. The number of aryl methyl sites for hydroxylation is 1. The van der Waals surface area contributed by atoms with Gasteiger partial charge in [-0.05, 0) is 42.2 Å². The Balaban J connectivity index is 2.07. The van der Waals surface area contributed by atoms with Crippen molar-refractivity contribution in [3.8, 4) is 16.9 Å². The van der Waals surface area contributed by atoms with Crippen LogP contribution in [0.4, 0.5) is 10.1 Å². The lowest BCUT2D eigenvalue weighted by molar-refractivity contribution is 0.387. The van der Waals surface area contributed by atoms with Crippen LogP contribution in [0.1, 0.15) is 12.0 Å². The first-order valence-electron chi connectivity index (χ1n) is 6.49. The van der Waals surface area contributed by atoms with E-state index in [4.69, 9.17) is 4.74 Å². The topological polar surface area (TPSA) is 21.3 Å². The van der Waals surface area contributed by atoms with Gasteiger partial charge in [-0.3, -0.25) is 0 Å². The van der Waals surface area contributed by atoms with Crippen molar-refractivity contribution in [3.05, 3.63) is 47.8 Å². The molecule has 3 heteroatoms. The highest BCUT2D eigenvalue weighted by atomic mass is 19.1. The number of ether oxygens (including phenoxy) is 1. The number of hydrogen-bond donors (Lipinski definition) is 1. The van der Waals surface area contributed by atoms with Gasteiger partial charge in [0, 0.05) is 17.8 Å². The van der Waals surface area contributed by atoms with Gasteiger partial charge in [-0.1, -0.05) is 18.2 Å². The average molecular weight is 257 g/mol. The zero-order valence-electron chi connectivity index (χ0n) is 10.9. The van der Waals surface area contributed by atoms with Gasteiger partial charge < -0.3 is 10.1 Å². The molecule has 0 aliphatic carbocycles. The molecule has 1 heterocycles. The van der Waals surface area contributed by atoms with Crippen LogP contribution in [0.2, 0.25) is 0 Å². The molecule has 1 N–H and O–H groups in total. The first-order valence-corrected chi connectivity index (χ1v) is 6.49. The summed E-state index contributed by atoms with van der Waals surface area (Å²) in [5.41, 5.74) is 3.91. The summed E-state index contributed by atoms with van der Waals surface area (Å²) >= 11 is 0. The molecule has 0 fully saturated rings. The van der Waals surface area contributed by atoms with Crippen molar-refractivity contribution >= 4 is 5.69 Å². The van der Waals surface area contributed by atoms with E-state index >= 15 is 0 Å². The van der Waals surface area contributed by atoms with Gasteiger partial charge in [0.2, 0.25) is 0 Å². The molecule has 2 aromatic carbocycles. The maximum atomic E-state index is 14.3. The standard InChI is InChI=1S/C16H16FNO/c1-19-15-6-2-5-13(16(15)17)11-7-8-14-12(10-11)4-3-9-18-14/h2,5-8,10,18H,3-4,9H2,1H3. The molecule has 0 saturated heterocycles. The van der Waals surface area contributed by atoms with Gasteiger partial charge >= 0.3 is 0 Å². The van der Waals surface area contributed by atoms with Crippen molar-refractivity contribution in [1.82, 2.24) is 0 Å². The highest BCUT2D eigenvalue weighted by Crippen LogP contribution is 2.32. The van der Waals surface area contributed by atoms with E-state index in [0.717, 1.165) is 24.9 Å².